The maximum atomic E-state index is 5.80. The Labute approximate surface area is 115 Å². The number of nitrogens with zero attached hydrogens (tertiary/aromatic N) is 2. The first-order valence-electron chi connectivity index (χ1n) is 7.31. The van der Waals surface area contributed by atoms with Crippen LogP contribution in [0.25, 0.3) is 0 Å². The molecule has 1 heterocycles. The molecule has 0 spiro atoms. The van der Waals surface area contributed by atoms with E-state index in [1.807, 2.05) is 6.07 Å². The van der Waals surface area contributed by atoms with Crippen molar-refractivity contribution in [2.24, 2.45) is 0 Å². The minimum atomic E-state index is 0.481. The van der Waals surface area contributed by atoms with Crippen molar-refractivity contribution in [1.82, 2.24) is 9.97 Å². The predicted octanol–water partition coefficient (Wildman–Crippen LogP) is 2.67. The van der Waals surface area contributed by atoms with E-state index in [2.05, 4.69) is 27.5 Å². The number of hydrogen-bond donors (Lipinski definition) is 2. The molecule has 1 fully saturated rings. The highest BCUT2D eigenvalue weighted by Crippen LogP contribution is 2.20. The van der Waals surface area contributed by atoms with Crippen molar-refractivity contribution in [2.45, 2.75) is 45.1 Å². The Morgan fingerprint density at radius 1 is 1.26 bits per heavy atom. The van der Waals surface area contributed by atoms with Gasteiger partial charge in [0.15, 0.2) is 0 Å². The van der Waals surface area contributed by atoms with E-state index in [4.69, 9.17) is 4.74 Å². The summed E-state index contributed by atoms with van der Waals surface area (Å²) < 4.78 is 5.80. The van der Waals surface area contributed by atoms with Crippen LogP contribution >= 0.6 is 0 Å². The van der Waals surface area contributed by atoms with Crippen molar-refractivity contribution in [3.63, 3.8) is 0 Å². The lowest BCUT2D eigenvalue weighted by Gasteiger charge is -2.12. The molecule has 2 N–H and O–H groups in total. The van der Waals surface area contributed by atoms with E-state index in [0.29, 0.717) is 12.1 Å². The molecule has 0 amide bonds. The van der Waals surface area contributed by atoms with Gasteiger partial charge < -0.3 is 15.4 Å². The molecule has 1 aromatic heterocycles. The van der Waals surface area contributed by atoms with Crippen LogP contribution < -0.4 is 10.6 Å². The average molecular weight is 264 g/mol. The number of anilines is 2. The third-order valence-corrected chi connectivity index (χ3v) is 3.25. The lowest BCUT2D eigenvalue weighted by Crippen LogP contribution is -2.16. The van der Waals surface area contributed by atoms with Crippen molar-refractivity contribution >= 4 is 11.8 Å². The second-order valence-electron chi connectivity index (χ2n) is 4.90. The van der Waals surface area contributed by atoms with Gasteiger partial charge in [0.2, 0.25) is 5.95 Å². The zero-order valence-corrected chi connectivity index (χ0v) is 11.7. The summed E-state index contributed by atoms with van der Waals surface area (Å²) >= 11 is 0. The summed E-state index contributed by atoms with van der Waals surface area (Å²) in [7, 11) is 0. The number of nitrogens with one attached hydrogen (secondary N) is 2. The fourth-order valence-corrected chi connectivity index (χ4v) is 2.24. The molecule has 2 rings (SSSR count). The Kier molecular flexibility index (Phi) is 5.88. The highest BCUT2D eigenvalue weighted by Gasteiger charge is 2.14. The second-order valence-corrected chi connectivity index (χ2v) is 4.90. The van der Waals surface area contributed by atoms with E-state index in [1.165, 1.54) is 25.7 Å². The van der Waals surface area contributed by atoms with Crippen molar-refractivity contribution in [3.8, 4) is 0 Å². The first kappa shape index (κ1) is 14.1. The summed E-state index contributed by atoms with van der Waals surface area (Å²) in [6.45, 7) is 4.55. The predicted molar refractivity (Wildman–Crippen MR) is 77.5 cm³/mol. The molecule has 1 aromatic rings. The summed E-state index contributed by atoms with van der Waals surface area (Å²) in [5.41, 5.74) is 0. The lowest BCUT2D eigenvalue weighted by atomic mass is 10.3. The van der Waals surface area contributed by atoms with E-state index in [1.54, 1.807) is 6.20 Å². The van der Waals surface area contributed by atoms with Gasteiger partial charge in [-0.05, 0) is 25.3 Å². The molecule has 19 heavy (non-hydrogen) atoms. The molecule has 0 unspecified atom stereocenters. The standard InChI is InChI=1S/C14H24N4O/c1-2-8-16-14-17-9-7-13(18-14)15-10-11-19-12-5-3-4-6-12/h7,9,12H,2-6,8,10-11H2,1H3,(H2,15,16,17,18). The number of ether oxygens (including phenoxy) is 1. The molecule has 0 atom stereocenters. The molecule has 5 nitrogen and oxygen atoms in total. The van der Waals surface area contributed by atoms with Crippen LogP contribution in [0.15, 0.2) is 12.3 Å². The highest BCUT2D eigenvalue weighted by molar-refractivity contribution is 5.39. The van der Waals surface area contributed by atoms with Crippen LogP contribution in [-0.2, 0) is 4.74 Å². The summed E-state index contributed by atoms with van der Waals surface area (Å²) in [4.78, 5) is 8.57. The van der Waals surface area contributed by atoms with Crippen LogP contribution in [0.4, 0.5) is 11.8 Å². The van der Waals surface area contributed by atoms with Crippen LogP contribution in [0, 0.1) is 0 Å². The molecular weight excluding hydrogens is 240 g/mol. The summed E-state index contributed by atoms with van der Waals surface area (Å²) in [6.07, 6.45) is 8.39. The highest BCUT2D eigenvalue weighted by atomic mass is 16.5. The van der Waals surface area contributed by atoms with Crippen LogP contribution in [0.1, 0.15) is 39.0 Å². The van der Waals surface area contributed by atoms with Crippen LogP contribution in [-0.4, -0.2) is 35.8 Å². The summed E-state index contributed by atoms with van der Waals surface area (Å²) in [6, 6.07) is 1.88. The summed E-state index contributed by atoms with van der Waals surface area (Å²) in [5.74, 6) is 1.53. The normalized spacial score (nSPS) is 15.6. The SMILES string of the molecule is CCCNc1nccc(NCCOC2CCCC2)n1. The quantitative estimate of drug-likeness (QED) is 0.707. The van der Waals surface area contributed by atoms with Gasteiger partial charge in [0, 0.05) is 19.3 Å². The van der Waals surface area contributed by atoms with Crippen LogP contribution in [0.5, 0.6) is 0 Å². The zero-order valence-electron chi connectivity index (χ0n) is 11.7. The molecule has 5 heteroatoms. The zero-order chi connectivity index (χ0) is 13.3. The summed E-state index contributed by atoms with van der Waals surface area (Å²) in [5, 5.41) is 6.45. The van der Waals surface area contributed by atoms with Gasteiger partial charge in [-0.15, -0.1) is 0 Å². The average Bonchev–Trinajstić information content (AvgIpc) is 2.95. The fourth-order valence-electron chi connectivity index (χ4n) is 2.24. The van der Waals surface area contributed by atoms with Crippen LogP contribution in [0.3, 0.4) is 0 Å². The molecule has 0 aromatic carbocycles. The molecule has 1 aliphatic carbocycles. The first-order chi connectivity index (χ1) is 9.38. The second kappa shape index (κ2) is 7.94. The van der Waals surface area contributed by atoms with Gasteiger partial charge >= 0.3 is 0 Å². The minimum absolute atomic E-state index is 0.481. The van der Waals surface area contributed by atoms with E-state index in [9.17, 15) is 0 Å². The molecule has 0 saturated heterocycles. The van der Waals surface area contributed by atoms with E-state index >= 15 is 0 Å². The maximum absolute atomic E-state index is 5.80. The van der Waals surface area contributed by atoms with Crippen molar-refractivity contribution in [2.75, 3.05) is 30.3 Å². The van der Waals surface area contributed by atoms with E-state index in [0.717, 1.165) is 31.9 Å². The lowest BCUT2D eigenvalue weighted by molar-refractivity contribution is 0.0658. The Morgan fingerprint density at radius 2 is 2.11 bits per heavy atom. The molecule has 1 aliphatic rings. The molecule has 0 aliphatic heterocycles. The van der Waals surface area contributed by atoms with Crippen molar-refractivity contribution < 1.29 is 4.74 Å². The van der Waals surface area contributed by atoms with E-state index < -0.39 is 0 Å². The third kappa shape index (κ3) is 5.03. The molecule has 106 valence electrons. The monoisotopic (exact) mass is 264 g/mol. The number of rotatable bonds is 8. The van der Waals surface area contributed by atoms with Gasteiger partial charge in [0.1, 0.15) is 5.82 Å². The largest absolute Gasteiger partial charge is 0.376 e. The Morgan fingerprint density at radius 3 is 2.89 bits per heavy atom. The Bertz CT molecular complexity index is 366. The van der Waals surface area contributed by atoms with Crippen LogP contribution in [0.2, 0.25) is 0 Å². The van der Waals surface area contributed by atoms with Crippen molar-refractivity contribution in [1.29, 1.82) is 0 Å². The van der Waals surface area contributed by atoms with Gasteiger partial charge in [-0.25, -0.2) is 4.98 Å². The van der Waals surface area contributed by atoms with Gasteiger partial charge in [-0.3, -0.25) is 0 Å². The van der Waals surface area contributed by atoms with Gasteiger partial charge in [-0.1, -0.05) is 19.8 Å². The third-order valence-electron chi connectivity index (χ3n) is 3.25. The smallest absolute Gasteiger partial charge is 0.224 e. The first-order valence-corrected chi connectivity index (χ1v) is 7.31. The van der Waals surface area contributed by atoms with Crippen molar-refractivity contribution in [3.05, 3.63) is 12.3 Å². The minimum Gasteiger partial charge on any atom is -0.376 e. The maximum Gasteiger partial charge on any atom is 0.224 e. The Hall–Kier alpha value is -1.36. The Balaban J connectivity index is 1.66. The van der Waals surface area contributed by atoms with Gasteiger partial charge in [0.05, 0.1) is 12.7 Å². The molecule has 1 saturated carbocycles. The van der Waals surface area contributed by atoms with E-state index in [-0.39, 0.29) is 0 Å². The molecular formula is C14H24N4O. The van der Waals surface area contributed by atoms with Gasteiger partial charge in [0.25, 0.3) is 0 Å². The topological polar surface area (TPSA) is 59.1 Å². The van der Waals surface area contributed by atoms with Gasteiger partial charge in [-0.2, -0.15) is 4.98 Å². The number of aromatic nitrogens is 2. The number of hydrogen-bond acceptors (Lipinski definition) is 5. The fraction of sp³-hybridized carbons (Fsp3) is 0.714. The molecule has 0 bridgehead atoms. The molecule has 0 radical (unpaired) electrons.